The van der Waals surface area contributed by atoms with Crippen molar-refractivity contribution in [1.29, 1.82) is 0 Å². The lowest BCUT2D eigenvalue weighted by Crippen LogP contribution is -2.35. The highest BCUT2D eigenvalue weighted by molar-refractivity contribution is 9.10. The standard InChI is InChI=1S/C18H16BrN3O3/c1-11(15-4-2-3-8-20-15)21-16(23)7-9-22-17(24)13-6-5-12(19)10-14(13)18(22)25/h2-6,8,10-11H,7,9H2,1H3,(H,21,23). The summed E-state index contributed by atoms with van der Waals surface area (Å²) < 4.78 is 0.733. The predicted molar refractivity (Wildman–Crippen MR) is 94.9 cm³/mol. The predicted octanol–water partition coefficient (Wildman–Crippen LogP) is 2.71. The number of hydrogen-bond donors (Lipinski definition) is 1. The van der Waals surface area contributed by atoms with Crippen molar-refractivity contribution >= 4 is 33.7 Å². The molecular formula is C18H16BrN3O3. The average Bonchev–Trinajstić information content (AvgIpc) is 2.84. The molecule has 0 saturated carbocycles. The Bertz CT molecular complexity index is 839. The Balaban J connectivity index is 1.60. The molecule has 128 valence electrons. The molecule has 0 fully saturated rings. The van der Waals surface area contributed by atoms with Crippen molar-refractivity contribution in [1.82, 2.24) is 15.2 Å². The molecule has 25 heavy (non-hydrogen) atoms. The quantitative estimate of drug-likeness (QED) is 0.781. The summed E-state index contributed by atoms with van der Waals surface area (Å²) >= 11 is 3.29. The third kappa shape index (κ3) is 3.61. The molecule has 0 aliphatic carbocycles. The molecule has 6 nitrogen and oxygen atoms in total. The van der Waals surface area contributed by atoms with Gasteiger partial charge in [-0.1, -0.05) is 22.0 Å². The lowest BCUT2D eigenvalue weighted by Gasteiger charge is -2.16. The van der Waals surface area contributed by atoms with Crippen LogP contribution < -0.4 is 5.32 Å². The molecule has 1 aromatic heterocycles. The molecule has 1 aliphatic rings. The Kier molecular flexibility index (Phi) is 4.94. The van der Waals surface area contributed by atoms with E-state index in [1.54, 1.807) is 30.5 Å². The van der Waals surface area contributed by atoms with Crippen LogP contribution in [0, 0.1) is 0 Å². The summed E-state index contributed by atoms with van der Waals surface area (Å²) in [5, 5.41) is 2.82. The highest BCUT2D eigenvalue weighted by atomic mass is 79.9. The molecule has 0 saturated heterocycles. The van der Waals surface area contributed by atoms with Gasteiger partial charge in [0.1, 0.15) is 0 Å². The number of carbonyl (C=O) groups is 3. The zero-order valence-corrected chi connectivity index (χ0v) is 15.1. The van der Waals surface area contributed by atoms with Crippen LogP contribution in [0.25, 0.3) is 0 Å². The second-order valence-electron chi connectivity index (χ2n) is 5.75. The summed E-state index contributed by atoms with van der Waals surface area (Å²) in [6, 6.07) is 10.2. The van der Waals surface area contributed by atoms with Gasteiger partial charge >= 0.3 is 0 Å². The summed E-state index contributed by atoms with van der Waals surface area (Å²) in [7, 11) is 0. The zero-order valence-electron chi connectivity index (χ0n) is 13.5. The third-order valence-electron chi connectivity index (χ3n) is 4.00. The number of halogens is 1. The zero-order chi connectivity index (χ0) is 18.0. The second kappa shape index (κ2) is 7.14. The Morgan fingerprint density at radius 2 is 1.96 bits per heavy atom. The Morgan fingerprint density at radius 3 is 2.68 bits per heavy atom. The fourth-order valence-electron chi connectivity index (χ4n) is 2.70. The fraction of sp³-hybridized carbons (Fsp3) is 0.222. The number of rotatable bonds is 5. The van der Waals surface area contributed by atoms with Gasteiger partial charge in [-0.2, -0.15) is 0 Å². The van der Waals surface area contributed by atoms with Gasteiger partial charge in [0, 0.05) is 23.6 Å². The van der Waals surface area contributed by atoms with Crippen molar-refractivity contribution in [2.45, 2.75) is 19.4 Å². The van der Waals surface area contributed by atoms with E-state index in [0.717, 1.165) is 15.1 Å². The SMILES string of the molecule is CC(NC(=O)CCN1C(=O)c2ccc(Br)cc2C1=O)c1ccccn1. The van der Waals surface area contributed by atoms with Crippen LogP contribution >= 0.6 is 15.9 Å². The molecule has 0 bridgehead atoms. The van der Waals surface area contributed by atoms with E-state index in [2.05, 4.69) is 26.2 Å². The second-order valence-corrected chi connectivity index (χ2v) is 6.66. The van der Waals surface area contributed by atoms with Crippen molar-refractivity contribution in [2.24, 2.45) is 0 Å². The lowest BCUT2D eigenvalue weighted by molar-refractivity contribution is -0.121. The molecule has 2 aromatic rings. The monoisotopic (exact) mass is 401 g/mol. The summed E-state index contributed by atoms with van der Waals surface area (Å²) in [6.45, 7) is 1.88. The fourth-order valence-corrected chi connectivity index (χ4v) is 3.06. The first kappa shape index (κ1) is 17.3. The van der Waals surface area contributed by atoms with Gasteiger partial charge in [-0.3, -0.25) is 24.3 Å². The highest BCUT2D eigenvalue weighted by Gasteiger charge is 2.35. The van der Waals surface area contributed by atoms with Crippen LogP contribution in [0.15, 0.2) is 47.1 Å². The summed E-state index contributed by atoms with van der Waals surface area (Å²) in [5.74, 6) is -0.971. The van der Waals surface area contributed by atoms with Crippen molar-refractivity contribution in [3.8, 4) is 0 Å². The molecule has 1 atom stereocenters. The van der Waals surface area contributed by atoms with Crippen LogP contribution in [0.2, 0.25) is 0 Å². The van der Waals surface area contributed by atoms with E-state index >= 15 is 0 Å². The minimum atomic E-state index is -0.369. The van der Waals surface area contributed by atoms with Crippen molar-refractivity contribution in [2.75, 3.05) is 6.54 Å². The summed E-state index contributed by atoms with van der Waals surface area (Å²) in [4.78, 5) is 42.1. The minimum Gasteiger partial charge on any atom is -0.348 e. The maximum Gasteiger partial charge on any atom is 0.261 e. The molecule has 0 radical (unpaired) electrons. The van der Waals surface area contributed by atoms with E-state index in [-0.39, 0.29) is 36.7 Å². The number of imide groups is 1. The maximum atomic E-state index is 12.4. The Morgan fingerprint density at radius 1 is 1.20 bits per heavy atom. The number of amides is 3. The largest absolute Gasteiger partial charge is 0.348 e. The van der Waals surface area contributed by atoms with Gasteiger partial charge in [0.05, 0.1) is 22.9 Å². The smallest absolute Gasteiger partial charge is 0.261 e. The minimum absolute atomic E-state index is 0.0454. The lowest BCUT2D eigenvalue weighted by atomic mass is 10.1. The van der Waals surface area contributed by atoms with E-state index < -0.39 is 0 Å². The first-order valence-corrected chi connectivity index (χ1v) is 8.62. The Labute approximate surface area is 153 Å². The van der Waals surface area contributed by atoms with E-state index in [9.17, 15) is 14.4 Å². The number of aromatic nitrogens is 1. The highest BCUT2D eigenvalue weighted by Crippen LogP contribution is 2.26. The Hall–Kier alpha value is -2.54. The first-order chi connectivity index (χ1) is 12.0. The van der Waals surface area contributed by atoms with Crippen LogP contribution in [0.4, 0.5) is 0 Å². The number of fused-ring (bicyclic) bond motifs is 1. The number of carbonyl (C=O) groups excluding carboxylic acids is 3. The topological polar surface area (TPSA) is 79.4 Å². The van der Waals surface area contributed by atoms with Crippen LogP contribution in [0.3, 0.4) is 0 Å². The van der Waals surface area contributed by atoms with Crippen LogP contribution in [0.5, 0.6) is 0 Å². The van der Waals surface area contributed by atoms with Crippen molar-refractivity contribution in [3.63, 3.8) is 0 Å². The third-order valence-corrected chi connectivity index (χ3v) is 4.50. The first-order valence-electron chi connectivity index (χ1n) is 7.83. The molecule has 7 heteroatoms. The molecule has 2 heterocycles. The summed E-state index contributed by atoms with van der Waals surface area (Å²) in [5.41, 5.74) is 1.48. The van der Waals surface area contributed by atoms with E-state index in [1.807, 2.05) is 19.1 Å². The van der Waals surface area contributed by atoms with Crippen LogP contribution in [-0.4, -0.2) is 34.2 Å². The van der Waals surface area contributed by atoms with Gasteiger partial charge in [-0.15, -0.1) is 0 Å². The van der Waals surface area contributed by atoms with E-state index in [4.69, 9.17) is 0 Å². The van der Waals surface area contributed by atoms with Crippen LogP contribution in [-0.2, 0) is 4.79 Å². The van der Waals surface area contributed by atoms with Gasteiger partial charge in [-0.05, 0) is 37.3 Å². The number of benzene rings is 1. The number of pyridine rings is 1. The summed E-state index contributed by atoms with van der Waals surface area (Å²) in [6.07, 6.45) is 1.71. The molecular weight excluding hydrogens is 386 g/mol. The van der Waals surface area contributed by atoms with Gasteiger partial charge in [0.15, 0.2) is 0 Å². The van der Waals surface area contributed by atoms with Crippen LogP contribution in [0.1, 0.15) is 45.8 Å². The molecule has 1 aliphatic heterocycles. The maximum absolute atomic E-state index is 12.4. The normalized spacial score (nSPS) is 14.4. The number of nitrogens with zero attached hydrogens (tertiary/aromatic N) is 2. The van der Waals surface area contributed by atoms with E-state index in [1.165, 1.54) is 0 Å². The molecule has 3 rings (SSSR count). The van der Waals surface area contributed by atoms with Gasteiger partial charge in [0.25, 0.3) is 11.8 Å². The molecule has 3 amide bonds. The van der Waals surface area contributed by atoms with E-state index in [0.29, 0.717) is 11.1 Å². The van der Waals surface area contributed by atoms with Crippen molar-refractivity contribution in [3.05, 3.63) is 63.9 Å². The average molecular weight is 402 g/mol. The number of nitrogens with one attached hydrogen (secondary N) is 1. The van der Waals surface area contributed by atoms with Crippen molar-refractivity contribution < 1.29 is 14.4 Å². The van der Waals surface area contributed by atoms with Gasteiger partial charge in [-0.25, -0.2) is 0 Å². The molecule has 1 N–H and O–H groups in total. The molecule has 0 spiro atoms. The van der Waals surface area contributed by atoms with Gasteiger partial charge < -0.3 is 5.32 Å². The molecule has 1 unspecified atom stereocenters. The van der Waals surface area contributed by atoms with Gasteiger partial charge in [0.2, 0.25) is 5.91 Å². The molecule has 1 aromatic carbocycles. The number of hydrogen-bond acceptors (Lipinski definition) is 4.